The number of benzene rings is 2. The molecule has 6 rings (SSSR count). The molecule has 2 aliphatic rings. The fourth-order valence-corrected chi connectivity index (χ4v) is 5.23. The van der Waals surface area contributed by atoms with Crippen LogP contribution in [-0.4, -0.2) is 37.5 Å². The highest BCUT2D eigenvalue weighted by Crippen LogP contribution is 2.60. The van der Waals surface area contributed by atoms with Gasteiger partial charge in [0.15, 0.2) is 17.4 Å². The molecule has 4 N–H and O–H groups in total. The molecule has 0 spiro atoms. The molecule has 2 aliphatic carbocycles. The Morgan fingerprint density at radius 3 is 1.32 bits per heavy atom. The molecule has 2 heterocycles. The highest BCUT2D eigenvalue weighted by atomic mass is 35.5. The Hall–Kier alpha value is -3.95. The second-order valence-electron chi connectivity index (χ2n) is 9.72. The lowest BCUT2D eigenvalue weighted by Gasteiger charge is -2.23. The molecule has 11 heteroatoms. The zero-order valence-corrected chi connectivity index (χ0v) is 21.5. The first kappa shape index (κ1) is 24.4. The van der Waals surface area contributed by atoms with Crippen molar-refractivity contribution in [2.45, 2.75) is 36.5 Å². The van der Waals surface area contributed by atoms with Gasteiger partial charge in [-0.15, -0.1) is 0 Å². The van der Waals surface area contributed by atoms with Crippen molar-refractivity contribution in [3.05, 3.63) is 94.0 Å². The third-order valence-corrected chi connectivity index (χ3v) is 7.66. The van der Waals surface area contributed by atoms with Crippen LogP contribution in [0.2, 0.25) is 10.3 Å². The minimum Gasteiger partial charge on any atom is -0.325 e. The fourth-order valence-electron chi connectivity index (χ4n) is 4.96. The van der Waals surface area contributed by atoms with Crippen molar-refractivity contribution >= 4 is 52.2 Å². The zero-order chi connectivity index (χ0) is 26.5. The topological polar surface area (TPSA) is 133 Å². The van der Waals surface area contributed by atoms with Crippen LogP contribution in [0.3, 0.4) is 0 Å². The van der Waals surface area contributed by atoms with E-state index in [2.05, 4.69) is 30.6 Å². The smallest absolute Gasteiger partial charge is 0.291 e. The molecule has 38 heavy (non-hydrogen) atoms. The van der Waals surface area contributed by atoms with E-state index >= 15 is 0 Å². The predicted molar refractivity (Wildman–Crippen MR) is 143 cm³/mol. The van der Waals surface area contributed by atoms with Gasteiger partial charge in [0.2, 0.25) is 0 Å². The van der Waals surface area contributed by atoms with Crippen LogP contribution in [-0.2, 0) is 15.6 Å². The van der Waals surface area contributed by atoms with Gasteiger partial charge in [-0.05, 0) is 61.1 Å². The van der Waals surface area contributed by atoms with Gasteiger partial charge in [0.05, 0.1) is 23.2 Å². The Morgan fingerprint density at radius 1 is 0.658 bits per heavy atom. The molecule has 192 valence electrons. The molecule has 0 unspecified atom stereocenters. The molecule has 9 nitrogen and oxygen atoms in total. The SMILES string of the molecule is O=C(Nc1ccc(C2(C(=O)C3(c4ccc(NC(=O)c5ncc(Cl)[nH]5)cc4)CC3)CC2)cc1)c1ncc(Cl)[nH]1. The molecule has 0 atom stereocenters. The van der Waals surface area contributed by atoms with Crippen LogP contribution in [0, 0.1) is 0 Å². The van der Waals surface area contributed by atoms with Crippen molar-refractivity contribution < 1.29 is 14.4 Å². The first-order valence-electron chi connectivity index (χ1n) is 12.1. The second kappa shape index (κ2) is 9.11. The van der Waals surface area contributed by atoms with Crippen molar-refractivity contribution in [3.8, 4) is 0 Å². The largest absolute Gasteiger partial charge is 0.325 e. The van der Waals surface area contributed by atoms with E-state index in [0.29, 0.717) is 11.4 Å². The summed E-state index contributed by atoms with van der Waals surface area (Å²) >= 11 is 11.6. The number of aromatic nitrogens is 4. The average molecular weight is 549 g/mol. The maximum Gasteiger partial charge on any atom is 0.291 e. The van der Waals surface area contributed by atoms with Crippen LogP contribution in [0.25, 0.3) is 0 Å². The number of amides is 2. The fraction of sp³-hybridized carbons (Fsp3) is 0.222. The standard InChI is InChI=1S/C27H22Cl2N6O3/c28-19-13-30-21(34-19)23(36)32-17-5-1-15(2-6-17)26(9-10-26)25(38)27(11-12-27)16-3-7-18(8-4-16)33-24(37)22-31-14-20(29)35-22/h1-8,13-14H,9-12H2,(H,30,34)(H,31,35)(H,32,36)(H,33,37). The van der Waals surface area contributed by atoms with Gasteiger partial charge in [-0.2, -0.15) is 0 Å². The number of H-pyrrole nitrogens is 2. The molecule has 0 aliphatic heterocycles. The molecule has 2 saturated carbocycles. The summed E-state index contributed by atoms with van der Waals surface area (Å²) in [6, 6.07) is 14.8. The van der Waals surface area contributed by atoms with Crippen molar-refractivity contribution in [1.29, 1.82) is 0 Å². The van der Waals surface area contributed by atoms with Gasteiger partial charge in [-0.1, -0.05) is 47.5 Å². The lowest BCUT2D eigenvalue weighted by Crippen LogP contribution is -2.32. The summed E-state index contributed by atoms with van der Waals surface area (Å²) in [4.78, 5) is 51.8. The van der Waals surface area contributed by atoms with Crippen LogP contribution in [0.15, 0.2) is 60.9 Å². The van der Waals surface area contributed by atoms with Gasteiger partial charge in [0, 0.05) is 11.4 Å². The number of hydrogen-bond acceptors (Lipinski definition) is 5. The van der Waals surface area contributed by atoms with Crippen molar-refractivity contribution in [2.24, 2.45) is 0 Å². The molecule has 2 amide bonds. The Labute approximate surface area is 227 Å². The van der Waals surface area contributed by atoms with Gasteiger partial charge >= 0.3 is 0 Å². The number of ketones is 1. The van der Waals surface area contributed by atoms with Crippen LogP contribution >= 0.6 is 23.2 Å². The van der Waals surface area contributed by atoms with Gasteiger partial charge < -0.3 is 20.6 Å². The maximum atomic E-state index is 13.9. The lowest BCUT2D eigenvalue weighted by molar-refractivity contribution is -0.124. The third-order valence-electron chi connectivity index (χ3n) is 7.28. The quantitative estimate of drug-likeness (QED) is 0.238. The summed E-state index contributed by atoms with van der Waals surface area (Å²) < 4.78 is 0. The molecule has 0 saturated heterocycles. The Balaban J connectivity index is 1.15. The first-order valence-corrected chi connectivity index (χ1v) is 12.8. The van der Waals surface area contributed by atoms with Gasteiger partial charge in [0.1, 0.15) is 10.3 Å². The number of halogens is 2. The number of anilines is 2. The van der Waals surface area contributed by atoms with Crippen LogP contribution in [0.1, 0.15) is 58.0 Å². The number of hydrogen-bond donors (Lipinski definition) is 4. The summed E-state index contributed by atoms with van der Waals surface area (Å²) in [6.07, 6.45) is 5.93. The molecular formula is C27H22Cl2N6O3. The Kier molecular flexibility index (Phi) is 5.85. The number of imidazole rings is 2. The van der Waals surface area contributed by atoms with Gasteiger partial charge in [-0.3, -0.25) is 14.4 Å². The summed E-state index contributed by atoms with van der Waals surface area (Å²) in [7, 11) is 0. The normalized spacial score (nSPS) is 16.5. The van der Waals surface area contributed by atoms with E-state index in [1.165, 1.54) is 12.4 Å². The number of Topliss-reactive ketones (excluding diaryl/α,β-unsaturated/α-hetero) is 1. The number of aromatic amines is 2. The number of carbonyl (C=O) groups is 3. The summed E-state index contributed by atoms with van der Waals surface area (Å²) in [5, 5.41) is 6.13. The first-order chi connectivity index (χ1) is 18.3. The number of carbonyl (C=O) groups excluding carboxylic acids is 3. The summed E-state index contributed by atoms with van der Waals surface area (Å²) in [5.41, 5.74) is 2.08. The number of nitrogens with one attached hydrogen (secondary N) is 4. The van der Waals surface area contributed by atoms with Crippen LogP contribution in [0.4, 0.5) is 11.4 Å². The molecule has 0 bridgehead atoms. The van der Waals surface area contributed by atoms with Crippen molar-refractivity contribution in [3.63, 3.8) is 0 Å². The van der Waals surface area contributed by atoms with E-state index in [1.54, 1.807) is 24.3 Å². The third kappa shape index (κ3) is 4.37. The lowest BCUT2D eigenvalue weighted by atomic mass is 9.79. The molecule has 2 fully saturated rings. The Morgan fingerprint density at radius 2 is 1.03 bits per heavy atom. The summed E-state index contributed by atoms with van der Waals surface area (Å²) in [6.45, 7) is 0. The van der Waals surface area contributed by atoms with Gasteiger partial charge in [-0.25, -0.2) is 9.97 Å². The molecular weight excluding hydrogens is 527 g/mol. The molecule has 2 aromatic heterocycles. The summed E-state index contributed by atoms with van der Waals surface area (Å²) in [5.74, 6) is -0.314. The zero-order valence-electron chi connectivity index (χ0n) is 20.0. The molecule has 4 aromatic rings. The van der Waals surface area contributed by atoms with E-state index in [9.17, 15) is 14.4 Å². The van der Waals surface area contributed by atoms with E-state index in [0.717, 1.165) is 36.8 Å². The van der Waals surface area contributed by atoms with Crippen LogP contribution < -0.4 is 10.6 Å². The Bertz CT molecular complexity index is 1430. The van der Waals surface area contributed by atoms with Crippen LogP contribution in [0.5, 0.6) is 0 Å². The van der Waals surface area contributed by atoms with Crippen molar-refractivity contribution in [2.75, 3.05) is 10.6 Å². The van der Waals surface area contributed by atoms with E-state index in [4.69, 9.17) is 23.2 Å². The predicted octanol–water partition coefficient (Wildman–Crippen LogP) is 5.28. The van der Waals surface area contributed by atoms with E-state index < -0.39 is 22.6 Å². The second-order valence-corrected chi connectivity index (χ2v) is 10.5. The maximum absolute atomic E-state index is 13.9. The monoisotopic (exact) mass is 548 g/mol. The van der Waals surface area contributed by atoms with E-state index in [-0.39, 0.29) is 27.7 Å². The van der Waals surface area contributed by atoms with Crippen molar-refractivity contribution in [1.82, 2.24) is 19.9 Å². The van der Waals surface area contributed by atoms with E-state index in [1.807, 2.05) is 24.3 Å². The minimum atomic E-state index is -0.515. The molecule has 2 aromatic carbocycles. The number of nitrogens with zero attached hydrogens (tertiary/aromatic N) is 2. The molecule has 0 radical (unpaired) electrons. The average Bonchev–Trinajstić information content (AvgIpc) is 3.82. The minimum absolute atomic E-state index is 0.125. The highest BCUT2D eigenvalue weighted by Gasteiger charge is 2.63. The van der Waals surface area contributed by atoms with Gasteiger partial charge in [0.25, 0.3) is 11.8 Å². The highest BCUT2D eigenvalue weighted by molar-refractivity contribution is 6.29. The number of rotatable bonds is 8.